The van der Waals surface area contributed by atoms with E-state index in [0.717, 1.165) is 12.1 Å². The van der Waals surface area contributed by atoms with Crippen LogP contribution in [0.3, 0.4) is 0 Å². The maximum Gasteiger partial charge on any atom is 0.211 e. The lowest BCUT2D eigenvalue weighted by Crippen LogP contribution is -2.29. The fourth-order valence-electron chi connectivity index (χ4n) is 1.94. The van der Waals surface area contributed by atoms with E-state index in [9.17, 15) is 8.42 Å². The van der Waals surface area contributed by atoms with E-state index >= 15 is 0 Å². The van der Waals surface area contributed by atoms with E-state index in [-0.39, 0.29) is 5.75 Å². The van der Waals surface area contributed by atoms with Crippen LogP contribution in [0.5, 0.6) is 0 Å². The summed E-state index contributed by atoms with van der Waals surface area (Å²) in [5, 5.41) is 3.22. The van der Waals surface area contributed by atoms with Crippen molar-refractivity contribution in [2.75, 3.05) is 12.3 Å². The van der Waals surface area contributed by atoms with Gasteiger partial charge in [0.05, 0.1) is 5.75 Å². The van der Waals surface area contributed by atoms with E-state index in [4.69, 9.17) is 0 Å². The maximum atomic E-state index is 11.9. The SMILES string of the molecule is CC(C)NCCCS(=O)(=O)NCc1ccc(C(C)C)cc1. The molecule has 4 nitrogen and oxygen atoms in total. The maximum absolute atomic E-state index is 11.9. The second-order valence-corrected chi connectivity index (χ2v) is 7.93. The fourth-order valence-corrected chi connectivity index (χ4v) is 2.99. The molecule has 0 amide bonds. The minimum Gasteiger partial charge on any atom is -0.314 e. The molecule has 0 spiro atoms. The molecule has 120 valence electrons. The lowest BCUT2D eigenvalue weighted by atomic mass is 10.0. The lowest BCUT2D eigenvalue weighted by molar-refractivity contribution is 0.561. The van der Waals surface area contributed by atoms with Crippen molar-refractivity contribution in [2.45, 2.75) is 52.6 Å². The topological polar surface area (TPSA) is 58.2 Å². The first-order chi connectivity index (χ1) is 9.80. The molecule has 0 bridgehead atoms. The highest BCUT2D eigenvalue weighted by atomic mass is 32.2. The molecule has 1 aromatic rings. The van der Waals surface area contributed by atoms with Crippen LogP contribution < -0.4 is 10.0 Å². The van der Waals surface area contributed by atoms with Crippen LogP contribution in [0.15, 0.2) is 24.3 Å². The Bertz CT molecular complexity index is 508. The third-order valence-corrected chi connectivity index (χ3v) is 4.70. The second-order valence-electron chi connectivity index (χ2n) is 6.00. The zero-order chi connectivity index (χ0) is 15.9. The molecule has 1 aromatic carbocycles. The van der Waals surface area contributed by atoms with Gasteiger partial charge in [0.1, 0.15) is 0 Å². The van der Waals surface area contributed by atoms with Gasteiger partial charge in [0.2, 0.25) is 10.0 Å². The summed E-state index contributed by atoms with van der Waals surface area (Å²) in [6.07, 6.45) is 0.625. The van der Waals surface area contributed by atoms with E-state index < -0.39 is 10.0 Å². The predicted molar refractivity (Wildman–Crippen MR) is 88.9 cm³/mol. The van der Waals surface area contributed by atoms with Gasteiger partial charge < -0.3 is 5.32 Å². The van der Waals surface area contributed by atoms with Gasteiger partial charge in [-0.1, -0.05) is 52.0 Å². The van der Waals surface area contributed by atoms with E-state index in [1.807, 2.05) is 26.0 Å². The average molecular weight is 312 g/mol. The minimum absolute atomic E-state index is 0.163. The standard InChI is InChI=1S/C16H28N2O2S/c1-13(2)16-8-6-15(7-9-16)12-18-21(19,20)11-5-10-17-14(3)4/h6-9,13-14,17-18H,5,10-12H2,1-4H3. The second kappa shape index (κ2) is 8.51. The summed E-state index contributed by atoms with van der Waals surface area (Å²) in [7, 11) is -3.19. The highest BCUT2D eigenvalue weighted by Crippen LogP contribution is 2.14. The lowest BCUT2D eigenvalue weighted by Gasteiger charge is -2.10. The van der Waals surface area contributed by atoms with Crippen molar-refractivity contribution >= 4 is 10.0 Å². The van der Waals surface area contributed by atoms with Crippen molar-refractivity contribution in [1.82, 2.24) is 10.0 Å². The predicted octanol–water partition coefficient (Wildman–Crippen LogP) is 2.62. The van der Waals surface area contributed by atoms with Crippen molar-refractivity contribution in [1.29, 1.82) is 0 Å². The van der Waals surface area contributed by atoms with Gasteiger partial charge in [-0.25, -0.2) is 13.1 Å². The fraction of sp³-hybridized carbons (Fsp3) is 0.625. The van der Waals surface area contributed by atoms with Crippen LogP contribution in [0, 0.1) is 0 Å². The van der Waals surface area contributed by atoms with Gasteiger partial charge in [-0.05, 0) is 30.0 Å². The van der Waals surface area contributed by atoms with Crippen molar-refractivity contribution < 1.29 is 8.42 Å². The first kappa shape index (κ1) is 18.1. The van der Waals surface area contributed by atoms with Crippen LogP contribution in [0.1, 0.15) is 51.2 Å². The molecule has 0 saturated carbocycles. The van der Waals surface area contributed by atoms with Crippen LogP contribution in [0.4, 0.5) is 0 Å². The van der Waals surface area contributed by atoms with E-state index in [1.165, 1.54) is 5.56 Å². The summed E-state index contributed by atoms with van der Waals surface area (Å²) >= 11 is 0. The summed E-state index contributed by atoms with van der Waals surface area (Å²) in [4.78, 5) is 0. The van der Waals surface area contributed by atoms with Gasteiger partial charge in [0.25, 0.3) is 0 Å². The molecular formula is C16H28N2O2S. The summed E-state index contributed by atoms with van der Waals surface area (Å²) < 4.78 is 26.4. The molecule has 5 heteroatoms. The Morgan fingerprint density at radius 1 is 1.05 bits per heavy atom. The van der Waals surface area contributed by atoms with Gasteiger partial charge in [0, 0.05) is 12.6 Å². The molecule has 0 aliphatic heterocycles. The Kier molecular flexibility index (Phi) is 7.35. The van der Waals surface area contributed by atoms with Crippen LogP contribution in [0.25, 0.3) is 0 Å². The molecule has 2 N–H and O–H groups in total. The number of benzene rings is 1. The monoisotopic (exact) mass is 312 g/mol. The molecule has 1 rings (SSSR count). The third kappa shape index (κ3) is 7.60. The van der Waals surface area contributed by atoms with Crippen LogP contribution in [-0.2, 0) is 16.6 Å². The molecule has 0 aromatic heterocycles. The first-order valence-corrected chi connectivity index (χ1v) is 9.25. The molecule has 0 saturated heterocycles. The Morgan fingerprint density at radius 3 is 2.19 bits per heavy atom. The molecule has 0 fully saturated rings. The number of nitrogens with one attached hydrogen (secondary N) is 2. The first-order valence-electron chi connectivity index (χ1n) is 7.59. The summed E-state index contributed by atoms with van der Waals surface area (Å²) in [6, 6.07) is 8.47. The smallest absolute Gasteiger partial charge is 0.211 e. The molecule has 0 aliphatic carbocycles. The van der Waals surface area contributed by atoms with Crippen molar-refractivity contribution in [3.8, 4) is 0 Å². The van der Waals surface area contributed by atoms with Gasteiger partial charge in [-0.3, -0.25) is 0 Å². The quantitative estimate of drug-likeness (QED) is 0.689. The summed E-state index contributed by atoms with van der Waals surface area (Å²) in [5.41, 5.74) is 2.25. The van der Waals surface area contributed by atoms with Crippen LogP contribution in [0.2, 0.25) is 0 Å². The molecule has 0 unspecified atom stereocenters. The average Bonchev–Trinajstić information content (AvgIpc) is 2.42. The molecular weight excluding hydrogens is 284 g/mol. The normalized spacial score (nSPS) is 12.3. The Balaban J connectivity index is 2.38. The van der Waals surface area contributed by atoms with Crippen molar-refractivity contribution in [2.24, 2.45) is 0 Å². The largest absolute Gasteiger partial charge is 0.314 e. The van der Waals surface area contributed by atoms with E-state index in [1.54, 1.807) is 0 Å². The molecule has 0 atom stereocenters. The number of sulfonamides is 1. The number of hydrogen-bond donors (Lipinski definition) is 2. The Hall–Kier alpha value is -0.910. The van der Waals surface area contributed by atoms with Gasteiger partial charge in [0.15, 0.2) is 0 Å². The highest BCUT2D eigenvalue weighted by molar-refractivity contribution is 7.89. The number of rotatable bonds is 9. The summed E-state index contributed by atoms with van der Waals surface area (Å²) in [5.74, 6) is 0.653. The zero-order valence-electron chi connectivity index (χ0n) is 13.5. The molecule has 0 heterocycles. The molecule has 21 heavy (non-hydrogen) atoms. The highest BCUT2D eigenvalue weighted by Gasteiger charge is 2.09. The number of hydrogen-bond acceptors (Lipinski definition) is 3. The van der Waals surface area contributed by atoms with Crippen LogP contribution in [-0.4, -0.2) is 26.8 Å². The molecule has 0 aliphatic rings. The van der Waals surface area contributed by atoms with E-state index in [0.29, 0.717) is 24.9 Å². The van der Waals surface area contributed by atoms with E-state index in [2.05, 4.69) is 36.0 Å². The van der Waals surface area contributed by atoms with Gasteiger partial charge in [-0.15, -0.1) is 0 Å². The minimum atomic E-state index is -3.19. The zero-order valence-corrected chi connectivity index (χ0v) is 14.3. The Morgan fingerprint density at radius 2 is 1.67 bits per heavy atom. The third-order valence-electron chi connectivity index (χ3n) is 3.29. The van der Waals surface area contributed by atoms with Gasteiger partial charge >= 0.3 is 0 Å². The Labute approximate surface area is 129 Å². The van der Waals surface area contributed by atoms with Gasteiger partial charge in [-0.2, -0.15) is 0 Å². The van der Waals surface area contributed by atoms with Crippen molar-refractivity contribution in [3.05, 3.63) is 35.4 Å². The van der Waals surface area contributed by atoms with Crippen LogP contribution >= 0.6 is 0 Å². The van der Waals surface area contributed by atoms with Crippen molar-refractivity contribution in [3.63, 3.8) is 0 Å². The molecule has 0 radical (unpaired) electrons. The summed E-state index contributed by atoms with van der Waals surface area (Å²) in [6.45, 7) is 9.47.